The molecule has 3 aromatic rings. The number of thiazole rings is 1. The van der Waals surface area contributed by atoms with Crippen LogP contribution in [0.4, 0.5) is 5.13 Å². The van der Waals surface area contributed by atoms with Gasteiger partial charge in [0.05, 0.1) is 5.41 Å². The van der Waals surface area contributed by atoms with E-state index in [1.807, 2.05) is 11.4 Å². The highest BCUT2D eigenvalue weighted by Gasteiger charge is 2.50. The van der Waals surface area contributed by atoms with Gasteiger partial charge in [0.25, 0.3) is 0 Å². The Bertz CT molecular complexity index is 876. The minimum atomic E-state index is -0.489. The molecule has 0 radical (unpaired) electrons. The third-order valence-corrected chi connectivity index (χ3v) is 5.98. The van der Waals surface area contributed by atoms with E-state index >= 15 is 0 Å². The van der Waals surface area contributed by atoms with Crippen LogP contribution in [-0.4, -0.2) is 10.9 Å². The van der Waals surface area contributed by atoms with E-state index in [0.717, 1.165) is 12.8 Å². The SMILES string of the molecule is CC[C@]1(C(=O)Nc2nccs2)Cc2ccccc2[C@H]1c1ccccc1. The summed E-state index contributed by atoms with van der Waals surface area (Å²) in [7, 11) is 0. The normalized spacial score (nSPS) is 21.7. The lowest BCUT2D eigenvalue weighted by atomic mass is 9.70. The minimum absolute atomic E-state index is 0.0647. The van der Waals surface area contributed by atoms with E-state index in [9.17, 15) is 4.79 Å². The standard InChI is InChI=1S/C21H20N2OS/c1-2-21(19(24)23-20-22-12-13-25-20)14-16-10-6-7-11-17(16)18(21)15-8-4-3-5-9-15/h3-13,18H,2,14H2,1H3,(H,22,23,24)/t18-,21+/m1/s1. The van der Waals surface area contributed by atoms with Crippen molar-refractivity contribution in [1.82, 2.24) is 4.98 Å². The fourth-order valence-electron chi connectivity index (χ4n) is 4.07. The van der Waals surface area contributed by atoms with Crippen molar-refractivity contribution in [3.63, 3.8) is 0 Å². The molecule has 0 saturated carbocycles. The zero-order valence-corrected chi connectivity index (χ0v) is 14.9. The largest absolute Gasteiger partial charge is 0.301 e. The second-order valence-electron chi connectivity index (χ2n) is 6.52. The topological polar surface area (TPSA) is 42.0 Å². The molecule has 0 aliphatic heterocycles. The highest BCUT2D eigenvalue weighted by Crippen LogP contribution is 2.53. The summed E-state index contributed by atoms with van der Waals surface area (Å²) in [6.45, 7) is 2.11. The van der Waals surface area contributed by atoms with Crippen LogP contribution >= 0.6 is 11.3 Å². The highest BCUT2D eigenvalue weighted by atomic mass is 32.1. The van der Waals surface area contributed by atoms with Gasteiger partial charge in [-0.3, -0.25) is 4.79 Å². The second kappa shape index (κ2) is 6.45. The summed E-state index contributed by atoms with van der Waals surface area (Å²) < 4.78 is 0. The Morgan fingerprint density at radius 1 is 1.20 bits per heavy atom. The van der Waals surface area contributed by atoms with Crippen molar-refractivity contribution in [2.45, 2.75) is 25.7 Å². The molecule has 1 aromatic heterocycles. The van der Waals surface area contributed by atoms with E-state index in [0.29, 0.717) is 5.13 Å². The van der Waals surface area contributed by atoms with E-state index in [-0.39, 0.29) is 11.8 Å². The molecule has 25 heavy (non-hydrogen) atoms. The number of fused-ring (bicyclic) bond motifs is 1. The maximum Gasteiger partial charge on any atom is 0.233 e. The predicted octanol–water partition coefficient (Wildman–Crippen LogP) is 4.87. The number of anilines is 1. The van der Waals surface area contributed by atoms with Crippen molar-refractivity contribution in [2.24, 2.45) is 5.41 Å². The maximum absolute atomic E-state index is 13.4. The Kier molecular flexibility index (Phi) is 4.14. The number of carbonyl (C=O) groups excluding carboxylic acids is 1. The lowest BCUT2D eigenvalue weighted by molar-refractivity contribution is -0.126. The van der Waals surface area contributed by atoms with Gasteiger partial charge >= 0.3 is 0 Å². The third-order valence-electron chi connectivity index (χ3n) is 5.29. The van der Waals surface area contributed by atoms with Crippen molar-refractivity contribution in [2.75, 3.05) is 5.32 Å². The number of hydrogen-bond donors (Lipinski definition) is 1. The Labute approximate surface area is 151 Å². The number of amides is 1. The number of nitrogens with zero attached hydrogens (tertiary/aromatic N) is 1. The lowest BCUT2D eigenvalue weighted by Gasteiger charge is -2.33. The molecule has 1 heterocycles. The maximum atomic E-state index is 13.4. The number of rotatable bonds is 4. The monoisotopic (exact) mass is 348 g/mol. The van der Waals surface area contributed by atoms with Gasteiger partial charge in [-0.2, -0.15) is 0 Å². The van der Waals surface area contributed by atoms with E-state index < -0.39 is 5.41 Å². The zero-order valence-electron chi connectivity index (χ0n) is 14.1. The smallest absolute Gasteiger partial charge is 0.233 e. The zero-order chi connectivity index (χ0) is 17.3. The third kappa shape index (κ3) is 2.67. The molecule has 1 aliphatic carbocycles. The Morgan fingerprint density at radius 2 is 1.96 bits per heavy atom. The summed E-state index contributed by atoms with van der Waals surface area (Å²) in [6.07, 6.45) is 3.26. The summed E-state index contributed by atoms with van der Waals surface area (Å²) in [5.74, 6) is 0.130. The van der Waals surface area contributed by atoms with E-state index in [1.54, 1.807) is 6.20 Å². The highest BCUT2D eigenvalue weighted by molar-refractivity contribution is 7.13. The second-order valence-corrected chi connectivity index (χ2v) is 7.41. The van der Waals surface area contributed by atoms with E-state index in [4.69, 9.17) is 0 Å². The number of carbonyl (C=O) groups is 1. The van der Waals surface area contributed by atoms with Crippen LogP contribution < -0.4 is 5.32 Å². The summed E-state index contributed by atoms with van der Waals surface area (Å²) in [4.78, 5) is 17.6. The van der Waals surface area contributed by atoms with Crippen LogP contribution in [0.3, 0.4) is 0 Å². The van der Waals surface area contributed by atoms with Gasteiger partial charge in [0.2, 0.25) is 5.91 Å². The molecule has 0 unspecified atom stereocenters. The first-order chi connectivity index (χ1) is 12.2. The van der Waals surface area contributed by atoms with Crippen LogP contribution in [0.1, 0.15) is 36.0 Å². The molecular weight excluding hydrogens is 328 g/mol. The van der Waals surface area contributed by atoms with Crippen LogP contribution in [0.5, 0.6) is 0 Å². The molecular formula is C21H20N2OS. The van der Waals surface area contributed by atoms with Gasteiger partial charge in [-0.15, -0.1) is 11.3 Å². The van der Waals surface area contributed by atoms with Crippen molar-refractivity contribution in [3.8, 4) is 0 Å². The Morgan fingerprint density at radius 3 is 2.68 bits per heavy atom. The number of hydrogen-bond acceptors (Lipinski definition) is 3. The van der Waals surface area contributed by atoms with E-state index in [2.05, 4.69) is 65.8 Å². The summed E-state index contributed by atoms with van der Waals surface area (Å²) in [5, 5.41) is 5.61. The molecule has 2 atom stereocenters. The van der Waals surface area contributed by atoms with Crippen molar-refractivity contribution < 1.29 is 4.79 Å². The molecule has 4 rings (SSSR count). The van der Waals surface area contributed by atoms with Crippen LogP contribution in [0.2, 0.25) is 0 Å². The molecule has 0 fully saturated rings. The van der Waals surface area contributed by atoms with E-state index in [1.165, 1.54) is 28.0 Å². The number of nitrogens with one attached hydrogen (secondary N) is 1. The summed E-state index contributed by atoms with van der Waals surface area (Å²) >= 11 is 1.46. The average molecular weight is 348 g/mol. The first-order valence-electron chi connectivity index (χ1n) is 8.58. The summed E-state index contributed by atoms with van der Waals surface area (Å²) in [5.41, 5.74) is 3.25. The van der Waals surface area contributed by atoms with Crippen LogP contribution in [0, 0.1) is 5.41 Å². The molecule has 1 amide bonds. The molecule has 3 nitrogen and oxygen atoms in total. The van der Waals surface area contributed by atoms with Gasteiger partial charge in [0.15, 0.2) is 5.13 Å². The van der Waals surface area contributed by atoms with Gasteiger partial charge in [-0.1, -0.05) is 61.5 Å². The van der Waals surface area contributed by atoms with Gasteiger partial charge in [0.1, 0.15) is 0 Å². The predicted molar refractivity (Wildman–Crippen MR) is 102 cm³/mol. The molecule has 4 heteroatoms. The van der Waals surface area contributed by atoms with Crippen molar-refractivity contribution >= 4 is 22.4 Å². The molecule has 0 saturated heterocycles. The quantitative estimate of drug-likeness (QED) is 0.731. The minimum Gasteiger partial charge on any atom is -0.301 e. The molecule has 2 aromatic carbocycles. The average Bonchev–Trinajstić information content (AvgIpc) is 3.28. The molecule has 126 valence electrons. The summed E-state index contributed by atoms with van der Waals surface area (Å²) in [6, 6.07) is 18.8. The van der Waals surface area contributed by atoms with Gasteiger partial charge in [-0.25, -0.2) is 4.98 Å². The Hall–Kier alpha value is -2.46. The molecule has 0 bridgehead atoms. The van der Waals surface area contributed by atoms with Crippen LogP contribution in [0.15, 0.2) is 66.2 Å². The first-order valence-corrected chi connectivity index (χ1v) is 9.46. The Balaban J connectivity index is 1.81. The van der Waals surface area contributed by atoms with Gasteiger partial charge in [-0.05, 0) is 29.5 Å². The lowest BCUT2D eigenvalue weighted by Crippen LogP contribution is -2.39. The first kappa shape index (κ1) is 16.0. The van der Waals surface area contributed by atoms with Crippen molar-refractivity contribution in [1.29, 1.82) is 0 Å². The fourth-order valence-corrected chi connectivity index (χ4v) is 4.59. The number of aromatic nitrogens is 1. The molecule has 1 N–H and O–H groups in total. The van der Waals surface area contributed by atoms with Gasteiger partial charge < -0.3 is 5.32 Å². The van der Waals surface area contributed by atoms with Crippen molar-refractivity contribution in [3.05, 3.63) is 82.9 Å². The fraction of sp³-hybridized carbons (Fsp3) is 0.238. The van der Waals surface area contributed by atoms with Crippen LogP contribution in [0.25, 0.3) is 0 Å². The molecule has 1 aliphatic rings. The van der Waals surface area contributed by atoms with Crippen LogP contribution in [-0.2, 0) is 11.2 Å². The molecule has 0 spiro atoms. The number of benzene rings is 2. The van der Waals surface area contributed by atoms with Gasteiger partial charge in [0, 0.05) is 17.5 Å².